The van der Waals surface area contributed by atoms with Gasteiger partial charge in [0.1, 0.15) is 5.69 Å². The zero-order valence-electron chi connectivity index (χ0n) is 15.7. The molecular weight excluding hydrogens is 282 g/mol. The molecule has 2 aromatic rings. The summed E-state index contributed by atoms with van der Waals surface area (Å²) in [6.45, 7) is 14.0. The van der Waals surface area contributed by atoms with Crippen molar-refractivity contribution in [2.45, 2.75) is 61.3 Å². The maximum atomic E-state index is 12.4. The molecule has 23 heavy (non-hydrogen) atoms. The number of benzene rings is 1. The van der Waals surface area contributed by atoms with Crippen LogP contribution >= 0.6 is 0 Å². The fraction of sp³-hybridized carbons (Fsp3) is 0.429. The summed E-state index contributed by atoms with van der Waals surface area (Å²) in [5.41, 5.74) is 4.75. The van der Waals surface area contributed by atoms with E-state index in [4.69, 9.17) is 0 Å². The lowest BCUT2D eigenvalue weighted by Crippen LogP contribution is -2.06. The van der Waals surface area contributed by atoms with Gasteiger partial charge in [-0.2, -0.15) is 0 Å². The number of nitrogens with zero attached hydrogens (tertiary/aromatic N) is 1. The number of fused-ring (bicyclic) bond motifs is 2. The van der Waals surface area contributed by atoms with E-state index in [-0.39, 0.29) is 5.78 Å². The number of carbonyl (C=O) groups excluding carboxylic acids is 1. The molecule has 0 N–H and O–H groups in total. The Morgan fingerprint density at radius 2 is 1.43 bits per heavy atom. The van der Waals surface area contributed by atoms with Crippen molar-refractivity contribution in [1.82, 2.24) is 4.98 Å². The predicted octanol–water partition coefficient (Wildman–Crippen LogP) is 5.80. The molecule has 0 bridgehead atoms. The minimum absolute atomic E-state index is 0.0631. The summed E-state index contributed by atoms with van der Waals surface area (Å²) in [5.74, 6) is 0.0631. The highest BCUT2D eigenvalue weighted by Crippen LogP contribution is 2.23. The zero-order valence-corrected chi connectivity index (χ0v) is 15.7. The van der Waals surface area contributed by atoms with E-state index in [2.05, 4.69) is 11.1 Å². The first-order valence-electron chi connectivity index (χ1n) is 8.84. The summed E-state index contributed by atoms with van der Waals surface area (Å²) in [6.07, 6.45) is 3.58. The number of hydrogen-bond donors (Lipinski definition) is 0. The molecule has 1 aromatic heterocycles. The maximum Gasteiger partial charge on any atom is 0.211 e. The number of rotatable bonds is 0. The summed E-state index contributed by atoms with van der Waals surface area (Å²) in [5, 5.41) is 0. The van der Waals surface area contributed by atoms with Gasteiger partial charge in [-0.3, -0.25) is 9.78 Å². The smallest absolute Gasteiger partial charge is 0.211 e. The average Bonchev–Trinajstić information content (AvgIpc) is 2.77. The fourth-order valence-electron chi connectivity index (χ4n) is 2.38. The molecule has 0 amide bonds. The van der Waals surface area contributed by atoms with Gasteiger partial charge < -0.3 is 0 Å². The van der Waals surface area contributed by atoms with Crippen molar-refractivity contribution in [2.24, 2.45) is 0 Å². The van der Waals surface area contributed by atoms with Crippen LogP contribution in [0.4, 0.5) is 0 Å². The number of aryl methyl sites for hydroxylation is 3. The summed E-state index contributed by atoms with van der Waals surface area (Å²) in [6, 6.07) is 9.91. The van der Waals surface area contributed by atoms with Crippen LogP contribution in [0, 0.1) is 6.92 Å². The molecule has 1 aliphatic rings. The second-order valence-electron chi connectivity index (χ2n) is 4.51. The molecule has 0 saturated carbocycles. The molecule has 2 nitrogen and oxygen atoms in total. The largest absolute Gasteiger partial charge is 0.287 e. The van der Waals surface area contributed by atoms with Crippen molar-refractivity contribution in [2.75, 3.05) is 0 Å². The Kier molecular flexibility index (Phi) is 10.6. The Morgan fingerprint density at radius 1 is 0.870 bits per heavy atom. The lowest BCUT2D eigenvalue weighted by atomic mass is 10.0. The highest BCUT2D eigenvalue weighted by Gasteiger charge is 2.21. The number of carbonyl (C=O) groups is 1. The van der Waals surface area contributed by atoms with E-state index in [1.807, 2.05) is 72.7 Å². The van der Waals surface area contributed by atoms with Crippen LogP contribution in [0.2, 0.25) is 0 Å². The lowest BCUT2D eigenvalue weighted by Gasteiger charge is -2.04. The summed E-state index contributed by atoms with van der Waals surface area (Å²) in [4.78, 5) is 16.7. The molecule has 0 radical (unpaired) electrons. The molecule has 126 valence electrons. The van der Waals surface area contributed by atoms with Gasteiger partial charge in [0.25, 0.3) is 0 Å². The van der Waals surface area contributed by atoms with Gasteiger partial charge in [-0.25, -0.2) is 0 Å². The molecule has 0 atom stereocenters. The third-order valence-electron chi connectivity index (χ3n) is 3.24. The second-order valence-corrected chi connectivity index (χ2v) is 4.51. The highest BCUT2D eigenvalue weighted by molar-refractivity contribution is 6.10. The second kappa shape index (κ2) is 11.6. The molecule has 1 aliphatic carbocycles. The van der Waals surface area contributed by atoms with Crippen molar-refractivity contribution < 1.29 is 4.79 Å². The van der Waals surface area contributed by atoms with E-state index in [0.29, 0.717) is 5.69 Å². The number of hydrogen-bond acceptors (Lipinski definition) is 2. The number of ketones is 1. The first-order valence-corrected chi connectivity index (χ1v) is 8.84. The molecule has 0 saturated heterocycles. The minimum atomic E-state index is 0.0631. The fourth-order valence-corrected chi connectivity index (χ4v) is 2.38. The molecule has 0 aliphatic heterocycles. The molecule has 1 heterocycles. The van der Waals surface area contributed by atoms with Crippen molar-refractivity contribution in [3.63, 3.8) is 0 Å². The highest BCUT2D eigenvalue weighted by atomic mass is 16.1. The third kappa shape index (κ3) is 5.31. The van der Waals surface area contributed by atoms with E-state index >= 15 is 0 Å². The van der Waals surface area contributed by atoms with Gasteiger partial charge in [0.15, 0.2) is 0 Å². The van der Waals surface area contributed by atoms with Crippen LogP contribution in [-0.2, 0) is 12.8 Å². The first kappa shape index (κ1) is 21.0. The van der Waals surface area contributed by atoms with E-state index in [0.717, 1.165) is 35.1 Å². The van der Waals surface area contributed by atoms with Crippen LogP contribution in [0.5, 0.6) is 0 Å². The Bertz CT molecular complexity index is 603. The van der Waals surface area contributed by atoms with Crippen LogP contribution in [0.15, 0.2) is 36.5 Å². The van der Waals surface area contributed by atoms with Gasteiger partial charge >= 0.3 is 0 Å². The number of aromatic nitrogens is 1. The zero-order chi connectivity index (χ0) is 17.8. The molecular formula is C21H31NO. The topological polar surface area (TPSA) is 30.0 Å². The summed E-state index contributed by atoms with van der Waals surface area (Å²) in [7, 11) is 0. The Morgan fingerprint density at radius 3 is 2.09 bits per heavy atom. The molecule has 0 spiro atoms. The van der Waals surface area contributed by atoms with Crippen molar-refractivity contribution >= 4 is 5.78 Å². The molecule has 0 unspecified atom stereocenters. The Labute approximate surface area is 142 Å². The van der Waals surface area contributed by atoms with Crippen LogP contribution in [0.3, 0.4) is 0 Å². The SMILES string of the molecule is CC.CC.CC.Cc1cnc2c(c1)CCc1ccccc1C2=O. The molecule has 0 fully saturated rings. The van der Waals surface area contributed by atoms with Crippen molar-refractivity contribution in [1.29, 1.82) is 0 Å². The van der Waals surface area contributed by atoms with E-state index in [9.17, 15) is 4.79 Å². The van der Waals surface area contributed by atoms with Gasteiger partial charge in [-0.15, -0.1) is 0 Å². The summed E-state index contributed by atoms with van der Waals surface area (Å²) >= 11 is 0. The van der Waals surface area contributed by atoms with Crippen LogP contribution < -0.4 is 0 Å². The van der Waals surface area contributed by atoms with Crippen molar-refractivity contribution in [3.8, 4) is 0 Å². The van der Waals surface area contributed by atoms with E-state index in [1.165, 1.54) is 0 Å². The average molecular weight is 313 g/mol. The monoisotopic (exact) mass is 313 g/mol. The van der Waals surface area contributed by atoms with Gasteiger partial charge in [0.2, 0.25) is 5.78 Å². The predicted molar refractivity (Wildman–Crippen MR) is 100 cm³/mol. The Hall–Kier alpha value is -1.96. The van der Waals surface area contributed by atoms with Gasteiger partial charge in [-0.05, 0) is 36.5 Å². The van der Waals surface area contributed by atoms with Gasteiger partial charge in [0.05, 0.1) is 0 Å². The molecule has 2 heteroatoms. The minimum Gasteiger partial charge on any atom is -0.287 e. The normalized spacial score (nSPS) is 11.0. The summed E-state index contributed by atoms with van der Waals surface area (Å²) < 4.78 is 0. The first-order chi connectivity index (χ1) is 11.3. The van der Waals surface area contributed by atoms with Crippen LogP contribution in [0.1, 0.15) is 74.3 Å². The van der Waals surface area contributed by atoms with E-state index in [1.54, 1.807) is 6.20 Å². The Balaban J connectivity index is 0.000000728. The van der Waals surface area contributed by atoms with Gasteiger partial charge in [0, 0.05) is 11.8 Å². The van der Waals surface area contributed by atoms with Crippen molar-refractivity contribution in [3.05, 3.63) is 64.5 Å². The quantitative estimate of drug-likeness (QED) is 0.615. The van der Waals surface area contributed by atoms with E-state index < -0.39 is 0 Å². The molecule has 1 aromatic carbocycles. The van der Waals surface area contributed by atoms with Gasteiger partial charge in [-0.1, -0.05) is 71.9 Å². The standard InChI is InChI=1S/C15H13NO.3C2H6/c1-10-8-12-7-6-11-4-2-3-5-13(11)15(17)14(12)16-9-10;3*1-2/h2-5,8-9H,6-7H2,1H3;3*1-2H3. The lowest BCUT2D eigenvalue weighted by molar-refractivity contribution is 0.103. The third-order valence-corrected chi connectivity index (χ3v) is 3.24. The van der Waals surface area contributed by atoms with Crippen LogP contribution in [0.25, 0.3) is 0 Å². The number of pyridine rings is 1. The van der Waals surface area contributed by atoms with Crippen LogP contribution in [-0.4, -0.2) is 10.8 Å². The maximum absolute atomic E-state index is 12.4. The molecule has 3 rings (SSSR count).